The zero-order chi connectivity index (χ0) is 41.9. The number of fused-ring (bicyclic) bond motifs is 3. The number of allylic oxidation sites excluding steroid dienone is 1. The number of carbonyl (C=O) groups excluding carboxylic acids is 1. The van der Waals surface area contributed by atoms with Gasteiger partial charge in [0.25, 0.3) is 0 Å². The normalized spacial score (nSPS) is 25.2. The quantitative estimate of drug-likeness (QED) is 0.0590. The molecule has 3 aromatic carbocycles. The number of oxime groups is 1. The summed E-state index contributed by atoms with van der Waals surface area (Å²) in [5.41, 5.74) is 3.95. The van der Waals surface area contributed by atoms with E-state index in [1.54, 1.807) is 12.2 Å². The minimum atomic E-state index is -1.31. The predicted octanol–water partition coefficient (Wildman–Crippen LogP) is 10.1. The van der Waals surface area contributed by atoms with E-state index in [1.165, 1.54) is 25.7 Å². The summed E-state index contributed by atoms with van der Waals surface area (Å²) in [7, 11) is 0. The molecule has 1 amide bonds. The molecular formula is C51H66N2O7. The molecule has 6 unspecified atom stereocenters. The molecule has 0 spiro atoms. The summed E-state index contributed by atoms with van der Waals surface area (Å²) in [5, 5.41) is 27.0. The van der Waals surface area contributed by atoms with Crippen molar-refractivity contribution in [2.75, 3.05) is 33.0 Å². The first kappa shape index (κ1) is 43.6. The second-order valence-corrected chi connectivity index (χ2v) is 17.1. The topological polar surface area (TPSA) is 110 Å². The van der Waals surface area contributed by atoms with E-state index in [0.29, 0.717) is 50.7 Å². The lowest BCUT2D eigenvalue weighted by Crippen LogP contribution is -2.70. The van der Waals surface area contributed by atoms with Crippen molar-refractivity contribution in [1.82, 2.24) is 4.90 Å². The summed E-state index contributed by atoms with van der Waals surface area (Å²) in [6, 6.07) is 20.2. The molecule has 2 N–H and O–H groups in total. The largest absolute Gasteiger partial charge is 0.490 e. The molecule has 3 aromatic rings. The molecule has 1 aliphatic heterocycles. The number of nitrogens with zero attached hydrogens (tertiary/aromatic N) is 2. The SMILES string of the molecule is C=CCOc1ccc2c(c1)C1C(CCCCO)C(CCCCO)C=C3C(=NOCC)CC(N(Cc4cccc5ccccc45)C(=O)CCC4CCCC4)C(OCC=C)(O2)C31. The fraction of sp³-hybridized carbons (Fsp3) is 0.529. The summed E-state index contributed by atoms with van der Waals surface area (Å²) in [4.78, 5) is 23.3. The van der Waals surface area contributed by atoms with Crippen LogP contribution in [-0.4, -0.2) is 71.6 Å². The Bertz CT molecular complexity index is 1980. The fourth-order valence-corrected chi connectivity index (χ4v) is 10.8. The molecule has 7 rings (SSSR count). The highest BCUT2D eigenvalue weighted by atomic mass is 16.7. The standard InChI is InChI=1S/C51H66N2O7/c1-4-30-57-40-25-26-46-44(33-40)49-42(23-12-14-29-55)38(19-11-13-28-54)32-43-45(52-59-6-3)34-47(51(60-46,50(43)49)58-31-5-2)53(48(56)27-24-36-16-7-8-17-36)35-39-21-15-20-37-18-9-10-22-41(37)39/h4-5,9-10,15,18,20-22,25-26,32-33,36,38,42,47,49-50,54-55H,1-2,6-8,11-14,16-17,19,23-24,27-31,34-35H2,3H3. The van der Waals surface area contributed by atoms with E-state index in [4.69, 9.17) is 24.2 Å². The average Bonchev–Trinajstić information content (AvgIpc) is 3.80. The van der Waals surface area contributed by atoms with Crippen molar-refractivity contribution >= 4 is 22.4 Å². The van der Waals surface area contributed by atoms with E-state index in [2.05, 4.69) is 72.7 Å². The van der Waals surface area contributed by atoms with Crippen LogP contribution in [0.2, 0.25) is 0 Å². The Morgan fingerprint density at radius 3 is 2.48 bits per heavy atom. The minimum absolute atomic E-state index is 0.0842. The number of carbonyl (C=O) groups is 1. The summed E-state index contributed by atoms with van der Waals surface area (Å²) >= 11 is 0. The molecule has 2 saturated carbocycles. The van der Waals surface area contributed by atoms with Gasteiger partial charge in [-0.25, -0.2) is 0 Å². The maximum atomic E-state index is 15.3. The molecule has 60 heavy (non-hydrogen) atoms. The van der Waals surface area contributed by atoms with Gasteiger partial charge in [0.05, 0.1) is 18.2 Å². The van der Waals surface area contributed by atoms with E-state index < -0.39 is 11.8 Å². The average molecular weight is 819 g/mol. The van der Waals surface area contributed by atoms with Gasteiger partial charge in [0.2, 0.25) is 11.7 Å². The number of aliphatic hydroxyl groups is 2. The van der Waals surface area contributed by atoms with Gasteiger partial charge < -0.3 is 34.2 Å². The van der Waals surface area contributed by atoms with Crippen LogP contribution in [0.15, 0.2) is 103 Å². The summed E-state index contributed by atoms with van der Waals surface area (Å²) in [5.74, 6) is 0.554. The van der Waals surface area contributed by atoms with Crippen LogP contribution in [0.5, 0.6) is 11.5 Å². The number of amides is 1. The van der Waals surface area contributed by atoms with Crippen molar-refractivity contribution in [1.29, 1.82) is 0 Å². The van der Waals surface area contributed by atoms with E-state index in [9.17, 15) is 10.2 Å². The van der Waals surface area contributed by atoms with Crippen molar-refractivity contribution < 1.29 is 34.1 Å². The van der Waals surface area contributed by atoms with Gasteiger partial charge in [-0.2, -0.15) is 0 Å². The third-order valence-electron chi connectivity index (χ3n) is 13.5. The molecule has 6 atom stereocenters. The van der Waals surface area contributed by atoms with Crippen molar-refractivity contribution in [3.63, 3.8) is 0 Å². The Morgan fingerprint density at radius 2 is 1.72 bits per heavy atom. The van der Waals surface area contributed by atoms with Crippen LogP contribution in [-0.2, 0) is 20.9 Å². The van der Waals surface area contributed by atoms with Crippen LogP contribution < -0.4 is 9.47 Å². The third-order valence-corrected chi connectivity index (χ3v) is 13.5. The smallest absolute Gasteiger partial charge is 0.239 e. The van der Waals surface area contributed by atoms with Crippen molar-refractivity contribution in [3.05, 3.63) is 109 Å². The van der Waals surface area contributed by atoms with Crippen molar-refractivity contribution in [3.8, 4) is 11.5 Å². The van der Waals surface area contributed by atoms with Crippen LogP contribution in [0.1, 0.15) is 107 Å². The second-order valence-electron chi connectivity index (χ2n) is 17.1. The molecule has 9 heteroatoms. The van der Waals surface area contributed by atoms with Crippen LogP contribution in [0, 0.1) is 23.7 Å². The van der Waals surface area contributed by atoms with Gasteiger partial charge in [-0.15, -0.1) is 6.58 Å². The maximum Gasteiger partial charge on any atom is 0.239 e. The van der Waals surface area contributed by atoms with Crippen LogP contribution >= 0.6 is 0 Å². The third kappa shape index (κ3) is 9.39. The van der Waals surface area contributed by atoms with E-state index in [0.717, 1.165) is 77.5 Å². The molecule has 322 valence electrons. The Morgan fingerprint density at radius 1 is 0.950 bits per heavy atom. The lowest BCUT2D eigenvalue weighted by atomic mass is 9.55. The number of hydrogen-bond acceptors (Lipinski definition) is 8. The molecule has 4 aliphatic rings. The highest BCUT2D eigenvalue weighted by Crippen LogP contribution is 2.62. The Kier molecular flexibility index (Phi) is 15.2. The molecule has 1 heterocycles. The highest BCUT2D eigenvalue weighted by Gasteiger charge is 2.65. The number of unbranched alkanes of at least 4 members (excludes halogenated alkanes) is 2. The number of aliphatic hydroxyl groups excluding tert-OH is 2. The molecular weight excluding hydrogens is 753 g/mol. The van der Waals surface area contributed by atoms with Gasteiger partial charge in [0.1, 0.15) is 30.8 Å². The Balaban J connectivity index is 1.45. The Labute approximate surface area is 357 Å². The lowest BCUT2D eigenvalue weighted by molar-refractivity contribution is -0.258. The number of benzene rings is 3. The van der Waals surface area contributed by atoms with E-state index in [1.807, 2.05) is 19.1 Å². The molecule has 0 radical (unpaired) electrons. The molecule has 0 saturated heterocycles. The molecule has 2 fully saturated rings. The van der Waals surface area contributed by atoms with Gasteiger partial charge in [0, 0.05) is 44.1 Å². The molecule has 0 aromatic heterocycles. The number of ether oxygens (including phenoxy) is 3. The van der Waals surface area contributed by atoms with Gasteiger partial charge in [-0.1, -0.05) is 111 Å². The second kappa shape index (κ2) is 20.9. The highest BCUT2D eigenvalue weighted by molar-refractivity contribution is 6.03. The monoisotopic (exact) mass is 818 g/mol. The van der Waals surface area contributed by atoms with Crippen LogP contribution in [0.3, 0.4) is 0 Å². The van der Waals surface area contributed by atoms with E-state index >= 15 is 4.79 Å². The minimum Gasteiger partial charge on any atom is -0.490 e. The number of hydrogen-bond donors (Lipinski definition) is 2. The lowest BCUT2D eigenvalue weighted by Gasteiger charge is -2.60. The molecule has 9 nitrogen and oxygen atoms in total. The summed E-state index contributed by atoms with van der Waals surface area (Å²) in [6.07, 6.45) is 17.3. The van der Waals surface area contributed by atoms with Crippen LogP contribution in [0.25, 0.3) is 10.8 Å². The number of rotatable bonds is 22. The van der Waals surface area contributed by atoms with Gasteiger partial charge in [-0.05, 0) is 96.9 Å². The van der Waals surface area contributed by atoms with Crippen LogP contribution in [0.4, 0.5) is 0 Å². The molecule has 0 bridgehead atoms. The summed E-state index contributed by atoms with van der Waals surface area (Å²) in [6.45, 7) is 11.6. The van der Waals surface area contributed by atoms with E-state index in [-0.39, 0.29) is 49.4 Å². The molecule has 3 aliphatic carbocycles. The zero-order valence-electron chi connectivity index (χ0n) is 35.6. The van der Waals surface area contributed by atoms with Gasteiger partial charge in [0.15, 0.2) is 0 Å². The predicted molar refractivity (Wildman–Crippen MR) is 238 cm³/mol. The first-order valence-electron chi connectivity index (χ1n) is 22.7. The van der Waals surface area contributed by atoms with Crippen molar-refractivity contribution in [2.24, 2.45) is 28.8 Å². The van der Waals surface area contributed by atoms with Gasteiger partial charge in [-0.3, -0.25) is 4.79 Å². The van der Waals surface area contributed by atoms with Gasteiger partial charge >= 0.3 is 0 Å². The van der Waals surface area contributed by atoms with Crippen molar-refractivity contribution in [2.45, 2.75) is 115 Å². The Hall–Kier alpha value is -4.44. The first-order valence-corrected chi connectivity index (χ1v) is 22.7. The zero-order valence-corrected chi connectivity index (χ0v) is 35.6. The first-order chi connectivity index (χ1) is 29.5. The fourth-order valence-electron chi connectivity index (χ4n) is 10.8. The maximum absolute atomic E-state index is 15.3. The summed E-state index contributed by atoms with van der Waals surface area (Å²) < 4.78 is 20.9.